The monoisotopic (exact) mass is 380 g/mol. The highest BCUT2D eigenvalue weighted by atomic mass is 16.3. The second kappa shape index (κ2) is 7.32. The highest BCUT2D eigenvalue weighted by Crippen LogP contribution is 2.32. The molecular weight excluding hydrogens is 352 g/mol. The van der Waals surface area contributed by atoms with Gasteiger partial charge in [0.2, 0.25) is 0 Å². The molecule has 2 aromatic heterocycles. The Morgan fingerprint density at radius 2 is 2.14 bits per heavy atom. The summed E-state index contributed by atoms with van der Waals surface area (Å²) in [7, 11) is 0. The molecule has 1 N–H and O–H groups in total. The molecule has 148 valence electrons. The van der Waals surface area contributed by atoms with Crippen LogP contribution in [0.25, 0.3) is 0 Å². The molecule has 3 aliphatic rings. The minimum Gasteiger partial charge on any atom is -0.465 e. The normalized spacial score (nSPS) is 21.9. The number of fused-ring (bicyclic) bond motifs is 2. The minimum atomic E-state index is 0.135. The van der Waals surface area contributed by atoms with Crippen molar-refractivity contribution in [1.82, 2.24) is 20.2 Å². The Balaban J connectivity index is 1.37. The Kier molecular flexibility index (Phi) is 4.67. The van der Waals surface area contributed by atoms with Crippen LogP contribution in [0.5, 0.6) is 0 Å². The third kappa shape index (κ3) is 3.13. The Morgan fingerprint density at radius 1 is 1.25 bits per heavy atom. The van der Waals surface area contributed by atoms with Gasteiger partial charge in [0, 0.05) is 68.0 Å². The molecule has 0 bridgehead atoms. The molecule has 6 nitrogen and oxygen atoms in total. The van der Waals surface area contributed by atoms with Crippen LogP contribution in [0.1, 0.15) is 76.1 Å². The molecule has 4 heterocycles. The molecular formula is C22H28N4O2. The summed E-state index contributed by atoms with van der Waals surface area (Å²) < 4.78 is 5.94. The predicted octanol–water partition coefficient (Wildman–Crippen LogP) is 2.92. The Hall–Kier alpha value is -2.21. The van der Waals surface area contributed by atoms with E-state index in [1.165, 1.54) is 11.3 Å². The van der Waals surface area contributed by atoms with E-state index in [0.29, 0.717) is 6.54 Å². The van der Waals surface area contributed by atoms with Gasteiger partial charge in [0.15, 0.2) is 0 Å². The summed E-state index contributed by atoms with van der Waals surface area (Å²) in [5.41, 5.74) is 4.37. The lowest BCUT2D eigenvalue weighted by molar-refractivity contribution is 0.0701. The van der Waals surface area contributed by atoms with Crippen LogP contribution in [0.2, 0.25) is 0 Å². The third-order valence-corrected chi connectivity index (χ3v) is 6.46. The van der Waals surface area contributed by atoms with E-state index in [4.69, 9.17) is 9.40 Å². The van der Waals surface area contributed by atoms with Gasteiger partial charge in [0.1, 0.15) is 17.3 Å². The number of furan rings is 1. The smallest absolute Gasteiger partial charge is 0.257 e. The molecule has 1 atom stereocenters. The van der Waals surface area contributed by atoms with Crippen molar-refractivity contribution in [2.75, 3.05) is 19.6 Å². The molecule has 5 rings (SSSR count). The van der Waals surface area contributed by atoms with Gasteiger partial charge in [-0.05, 0) is 39.0 Å². The summed E-state index contributed by atoms with van der Waals surface area (Å²) in [5.74, 6) is 3.09. The summed E-state index contributed by atoms with van der Waals surface area (Å²) in [5, 5.41) is 3.37. The third-order valence-electron chi connectivity index (χ3n) is 6.46. The molecule has 0 saturated carbocycles. The summed E-state index contributed by atoms with van der Waals surface area (Å²) in [4.78, 5) is 24.9. The van der Waals surface area contributed by atoms with E-state index in [0.717, 1.165) is 93.1 Å². The molecule has 1 aliphatic carbocycles. The zero-order valence-corrected chi connectivity index (χ0v) is 16.6. The molecule has 1 saturated heterocycles. The first kappa shape index (κ1) is 17.9. The number of amides is 1. The van der Waals surface area contributed by atoms with E-state index in [1.807, 2.05) is 18.0 Å². The fraction of sp³-hybridized carbons (Fsp3) is 0.591. The molecule has 2 aromatic rings. The highest BCUT2D eigenvalue weighted by molar-refractivity contribution is 5.97. The Bertz CT molecular complexity index is 904. The van der Waals surface area contributed by atoms with Crippen molar-refractivity contribution in [3.63, 3.8) is 0 Å². The van der Waals surface area contributed by atoms with Gasteiger partial charge in [-0.1, -0.05) is 0 Å². The molecule has 0 aromatic carbocycles. The number of carbonyl (C=O) groups excluding carboxylic acids is 1. The maximum absolute atomic E-state index is 13.4. The Morgan fingerprint density at radius 3 is 3.07 bits per heavy atom. The van der Waals surface area contributed by atoms with Crippen molar-refractivity contribution < 1.29 is 9.21 Å². The lowest BCUT2D eigenvalue weighted by atomic mass is 9.92. The number of hydrogen-bond acceptors (Lipinski definition) is 5. The molecule has 1 amide bonds. The number of likely N-dealkylation sites (tertiary alicyclic amines) is 1. The maximum atomic E-state index is 13.4. The zero-order chi connectivity index (χ0) is 19.1. The fourth-order valence-corrected chi connectivity index (χ4v) is 4.96. The van der Waals surface area contributed by atoms with Crippen molar-refractivity contribution in [3.05, 3.63) is 45.9 Å². The van der Waals surface area contributed by atoms with Crippen molar-refractivity contribution >= 4 is 5.91 Å². The average Bonchev–Trinajstić information content (AvgIpc) is 3.08. The first-order valence-electron chi connectivity index (χ1n) is 10.7. The lowest BCUT2D eigenvalue weighted by Gasteiger charge is -2.32. The molecule has 0 spiro atoms. The van der Waals surface area contributed by atoms with Crippen LogP contribution in [0, 0.1) is 6.92 Å². The molecule has 28 heavy (non-hydrogen) atoms. The first-order chi connectivity index (χ1) is 13.7. The standard InChI is InChI=1S/C22H28N4O2/c1-14-20(17-6-2-3-7-19(17)28-14)22(27)26-10-4-5-15(13-26)21-24-12-16-11-23-9-8-18(16)25-21/h12,15,23H,2-11,13H2,1H3. The van der Waals surface area contributed by atoms with Crippen LogP contribution in [0.3, 0.4) is 0 Å². The van der Waals surface area contributed by atoms with Crippen LogP contribution >= 0.6 is 0 Å². The van der Waals surface area contributed by atoms with Crippen LogP contribution in [-0.4, -0.2) is 40.4 Å². The van der Waals surface area contributed by atoms with Gasteiger partial charge in [-0.3, -0.25) is 4.79 Å². The van der Waals surface area contributed by atoms with Gasteiger partial charge in [0.05, 0.1) is 5.56 Å². The molecule has 1 unspecified atom stereocenters. The number of nitrogens with one attached hydrogen (secondary N) is 1. The second-order valence-corrected chi connectivity index (χ2v) is 8.36. The first-order valence-corrected chi connectivity index (χ1v) is 10.7. The van der Waals surface area contributed by atoms with Gasteiger partial charge in [-0.15, -0.1) is 0 Å². The van der Waals surface area contributed by atoms with Gasteiger partial charge >= 0.3 is 0 Å². The van der Waals surface area contributed by atoms with Gasteiger partial charge in [-0.2, -0.15) is 0 Å². The molecule has 6 heteroatoms. The largest absolute Gasteiger partial charge is 0.465 e. The van der Waals surface area contributed by atoms with E-state index < -0.39 is 0 Å². The maximum Gasteiger partial charge on any atom is 0.257 e. The number of piperidine rings is 1. The topological polar surface area (TPSA) is 71.3 Å². The summed E-state index contributed by atoms with van der Waals surface area (Å²) >= 11 is 0. The fourth-order valence-electron chi connectivity index (χ4n) is 4.96. The van der Waals surface area contributed by atoms with Crippen molar-refractivity contribution in [2.24, 2.45) is 0 Å². The highest BCUT2D eigenvalue weighted by Gasteiger charge is 2.32. The summed E-state index contributed by atoms with van der Waals surface area (Å²) in [6, 6.07) is 0. The van der Waals surface area contributed by atoms with E-state index in [-0.39, 0.29) is 11.8 Å². The van der Waals surface area contributed by atoms with Crippen LogP contribution in [-0.2, 0) is 25.8 Å². The SMILES string of the molecule is Cc1oc2c(c1C(=O)N1CCCC(c3ncc4c(n3)CCNC4)C1)CCCC2. The molecule has 1 fully saturated rings. The van der Waals surface area contributed by atoms with Gasteiger partial charge < -0.3 is 14.6 Å². The lowest BCUT2D eigenvalue weighted by Crippen LogP contribution is -2.40. The summed E-state index contributed by atoms with van der Waals surface area (Å²) in [6.45, 7) is 5.28. The summed E-state index contributed by atoms with van der Waals surface area (Å²) in [6.07, 6.45) is 9.21. The van der Waals surface area contributed by atoms with Crippen LogP contribution in [0.15, 0.2) is 10.6 Å². The number of nitrogens with zero attached hydrogens (tertiary/aromatic N) is 3. The quantitative estimate of drug-likeness (QED) is 0.867. The Labute approximate surface area is 165 Å². The van der Waals surface area contributed by atoms with E-state index in [1.54, 1.807) is 0 Å². The molecule has 2 aliphatic heterocycles. The number of aromatic nitrogens is 2. The minimum absolute atomic E-state index is 0.135. The van der Waals surface area contributed by atoms with Crippen LogP contribution in [0.4, 0.5) is 0 Å². The van der Waals surface area contributed by atoms with Crippen LogP contribution < -0.4 is 5.32 Å². The van der Waals surface area contributed by atoms with E-state index >= 15 is 0 Å². The predicted molar refractivity (Wildman–Crippen MR) is 105 cm³/mol. The zero-order valence-electron chi connectivity index (χ0n) is 16.6. The van der Waals surface area contributed by atoms with Crippen molar-refractivity contribution in [2.45, 2.75) is 64.3 Å². The van der Waals surface area contributed by atoms with Crippen molar-refractivity contribution in [1.29, 1.82) is 0 Å². The van der Waals surface area contributed by atoms with Crippen molar-refractivity contribution in [3.8, 4) is 0 Å². The number of aryl methyl sites for hydroxylation is 2. The number of hydrogen-bond donors (Lipinski definition) is 1. The van der Waals surface area contributed by atoms with Gasteiger partial charge in [-0.25, -0.2) is 9.97 Å². The number of carbonyl (C=O) groups is 1. The number of rotatable bonds is 2. The average molecular weight is 380 g/mol. The van der Waals surface area contributed by atoms with E-state index in [2.05, 4.69) is 10.3 Å². The molecule has 0 radical (unpaired) electrons. The van der Waals surface area contributed by atoms with Gasteiger partial charge in [0.25, 0.3) is 5.91 Å². The second-order valence-electron chi connectivity index (χ2n) is 8.36. The van der Waals surface area contributed by atoms with E-state index in [9.17, 15) is 4.79 Å².